The lowest BCUT2D eigenvalue weighted by molar-refractivity contribution is -0.133. The lowest BCUT2D eigenvalue weighted by atomic mass is 10.0. The molecule has 2 amide bonds. The predicted octanol–water partition coefficient (Wildman–Crippen LogP) is 3.66. The second kappa shape index (κ2) is 8.24. The molecule has 3 heterocycles. The molecule has 7 nitrogen and oxygen atoms in total. The molecule has 2 aromatic rings. The fourth-order valence-electron chi connectivity index (χ4n) is 4.54. The Bertz CT molecular complexity index is 1010. The Morgan fingerprint density at radius 2 is 1.97 bits per heavy atom. The highest BCUT2D eigenvalue weighted by Gasteiger charge is 2.39. The molecule has 0 spiro atoms. The van der Waals surface area contributed by atoms with Crippen molar-refractivity contribution in [3.63, 3.8) is 0 Å². The van der Waals surface area contributed by atoms with Crippen molar-refractivity contribution in [2.24, 2.45) is 5.92 Å². The van der Waals surface area contributed by atoms with Gasteiger partial charge in [0.15, 0.2) is 5.65 Å². The standard InChI is InChI=1S/C24H35N5O2/c1-6-24(4,5)26-22(30)12-11-18-15(2)25-21-14-19(27-29(21)16(18)3)20-8-7-13-28(20)23(31)17-9-10-17/h14,17,20H,6-13H2,1-5H3,(H,26,30)/t20-/m0/s1. The van der Waals surface area contributed by atoms with Crippen LogP contribution in [0, 0.1) is 19.8 Å². The van der Waals surface area contributed by atoms with Crippen LogP contribution < -0.4 is 5.32 Å². The fourth-order valence-corrected chi connectivity index (χ4v) is 4.54. The first-order valence-electron chi connectivity index (χ1n) is 11.7. The van der Waals surface area contributed by atoms with E-state index in [1.165, 1.54) is 0 Å². The molecule has 2 fully saturated rings. The molecule has 0 aromatic carbocycles. The lowest BCUT2D eigenvalue weighted by Gasteiger charge is -2.24. The molecule has 2 aliphatic rings. The number of hydrogen-bond acceptors (Lipinski definition) is 4. The van der Waals surface area contributed by atoms with Crippen LogP contribution in [0.15, 0.2) is 6.07 Å². The zero-order valence-electron chi connectivity index (χ0n) is 19.5. The molecule has 1 atom stereocenters. The number of likely N-dealkylation sites (tertiary alicyclic amines) is 1. The Labute approximate surface area is 184 Å². The number of carbonyl (C=O) groups is 2. The van der Waals surface area contributed by atoms with Gasteiger partial charge >= 0.3 is 0 Å². The minimum Gasteiger partial charge on any atom is -0.351 e. The van der Waals surface area contributed by atoms with Crippen molar-refractivity contribution in [3.05, 3.63) is 28.7 Å². The fraction of sp³-hybridized carbons (Fsp3) is 0.667. The van der Waals surface area contributed by atoms with Crippen molar-refractivity contribution < 1.29 is 9.59 Å². The van der Waals surface area contributed by atoms with Crippen LogP contribution in [-0.4, -0.2) is 43.4 Å². The summed E-state index contributed by atoms with van der Waals surface area (Å²) in [4.78, 5) is 31.9. The summed E-state index contributed by atoms with van der Waals surface area (Å²) in [5.41, 5.74) is 4.59. The first-order chi connectivity index (χ1) is 14.7. The Balaban J connectivity index is 1.54. The molecule has 1 aliphatic carbocycles. The highest BCUT2D eigenvalue weighted by Crippen LogP contribution is 2.38. The van der Waals surface area contributed by atoms with Crippen LogP contribution in [0.1, 0.15) is 88.0 Å². The number of rotatable bonds is 7. The van der Waals surface area contributed by atoms with Crippen molar-refractivity contribution in [1.82, 2.24) is 24.8 Å². The van der Waals surface area contributed by atoms with E-state index in [0.717, 1.165) is 66.9 Å². The van der Waals surface area contributed by atoms with E-state index in [0.29, 0.717) is 18.7 Å². The van der Waals surface area contributed by atoms with Crippen molar-refractivity contribution in [2.45, 2.75) is 91.1 Å². The van der Waals surface area contributed by atoms with Gasteiger partial charge in [-0.05, 0) is 71.8 Å². The average molecular weight is 426 g/mol. The van der Waals surface area contributed by atoms with Crippen molar-refractivity contribution in [1.29, 1.82) is 0 Å². The quantitative estimate of drug-likeness (QED) is 0.734. The van der Waals surface area contributed by atoms with Crippen LogP contribution >= 0.6 is 0 Å². The molecule has 0 bridgehead atoms. The summed E-state index contributed by atoms with van der Waals surface area (Å²) < 4.78 is 1.89. The lowest BCUT2D eigenvalue weighted by Crippen LogP contribution is -2.42. The van der Waals surface area contributed by atoms with Gasteiger partial charge in [-0.2, -0.15) is 5.10 Å². The van der Waals surface area contributed by atoms with Crippen molar-refractivity contribution in [3.8, 4) is 0 Å². The van der Waals surface area contributed by atoms with Gasteiger partial charge in [0.2, 0.25) is 11.8 Å². The van der Waals surface area contributed by atoms with E-state index in [2.05, 4.69) is 12.2 Å². The molecule has 31 heavy (non-hydrogen) atoms. The number of amides is 2. The summed E-state index contributed by atoms with van der Waals surface area (Å²) in [6.07, 6.45) is 5.99. The van der Waals surface area contributed by atoms with Crippen LogP contribution in [0.5, 0.6) is 0 Å². The SMILES string of the molecule is CCC(C)(C)NC(=O)CCc1c(C)nc2cc([C@@H]3CCCN3C(=O)C3CC3)nn2c1C. The molecule has 0 radical (unpaired) electrons. The largest absolute Gasteiger partial charge is 0.351 e. The Hall–Kier alpha value is -2.44. The molecule has 1 N–H and O–H groups in total. The topological polar surface area (TPSA) is 79.6 Å². The predicted molar refractivity (Wildman–Crippen MR) is 120 cm³/mol. The van der Waals surface area contributed by atoms with E-state index in [1.54, 1.807) is 0 Å². The van der Waals surface area contributed by atoms with Gasteiger partial charge < -0.3 is 10.2 Å². The zero-order chi connectivity index (χ0) is 22.3. The first-order valence-corrected chi connectivity index (χ1v) is 11.7. The van der Waals surface area contributed by atoms with Gasteiger partial charge in [-0.1, -0.05) is 6.92 Å². The van der Waals surface area contributed by atoms with E-state index < -0.39 is 0 Å². The molecule has 168 valence electrons. The van der Waals surface area contributed by atoms with Gasteiger partial charge in [0.25, 0.3) is 0 Å². The Morgan fingerprint density at radius 1 is 1.23 bits per heavy atom. The normalized spacial score (nSPS) is 19.3. The van der Waals surface area contributed by atoms with Crippen molar-refractivity contribution >= 4 is 17.5 Å². The number of fused-ring (bicyclic) bond motifs is 1. The number of nitrogens with zero attached hydrogens (tertiary/aromatic N) is 4. The summed E-state index contributed by atoms with van der Waals surface area (Å²) >= 11 is 0. The molecule has 1 saturated heterocycles. The molecule has 1 aliphatic heterocycles. The van der Waals surface area contributed by atoms with Crippen LogP contribution in [0.3, 0.4) is 0 Å². The van der Waals surface area contributed by atoms with E-state index in [4.69, 9.17) is 10.1 Å². The minimum atomic E-state index is -0.189. The summed E-state index contributed by atoms with van der Waals surface area (Å²) in [6, 6.07) is 2.09. The molecule has 4 rings (SSSR count). The Kier molecular flexibility index (Phi) is 5.79. The molecular formula is C24H35N5O2. The van der Waals surface area contributed by atoms with E-state index >= 15 is 0 Å². The molecule has 2 aromatic heterocycles. The second-order valence-electron chi connectivity index (χ2n) is 9.85. The highest BCUT2D eigenvalue weighted by atomic mass is 16.2. The van der Waals surface area contributed by atoms with Gasteiger partial charge in [-0.15, -0.1) is 0 Å². The van der Waals surface area contributed by atoms with Gasteiger partial charge in [-0.3, -0.25) is 9.59 Å². The maximum absolute atomic E-state index is 12.7. The smallest absolute Gasteiger partial charge is 0.226 e. The van der Waals surface area contributed by atoms with Gasteiger partial charge in [0, 0.05) is 41.9 Å². The number of nitrogens with one attached hydrogen (secondary N) is 1. The van der Waals surface area contributed by atoms with Crippen LogP contribution in [0.4, 0.5) is 0 Å². The highest BCUT2D eigenvalue weighted by molar-refractivity contribution is 5.81. The number of hydrogen-bond donors (Lipinski definition) is 1. The van der Waals surface area contributed by atoms with Gasteiger partial charge in [-0.25, -0.2) is 9.50 Å². The second-order valence-corrected chi connectivity index (χ2v) is 9.85. The third-order valence-corrected chi connectivity index (χ3v) is 6.95. The molecule has 0 unspecified atom stereocenters. The molecule has 7 heteroatoms. The first kappa shape index (κ1) is 21.8. The van der Waals surface area contributed by atoms with Crippen molar-refractivity contribution in [2.75, 3.05) is 6.54 Å². The third kappa shape index (κ3) is 4.46. The number of carbonyl (C=O) groups excluding carboxylic acids is 2. The maximum atomic E-state index is 12.7. The monoisotopic (exact) mass is 425 g/mol. The molecule has 1 saturated carbocycles. The summed E-state index contributed by atoms with van der Waals surface area (Å²) in [7, 11) is 0. The zero-order valence-corrected chi connectivity index (χ0v) is 19.5. The number of aromatic nitrogens is 3. The van der Waals surface area contributed by atoms with Crippen LogP contribution in [-0.2, 0) is 16.0 Å². The van der Waals surface area contributed by atoms with E-state index in [-0.39, 0.29) is 23.4 Å². The summed E-state index contributed by atoms with van der Waals surface area (Å²) in [5.74, 6) is 0.587. The van der Waals surface area contributed by atoms with Gasteiger partial charge in [0.05, 0.1) is 11.7 Å². The maximum Gasteiger partial charge on any atom is 0.226 e. The minimum absolute atomic E-state index is 0.0556. The molecular weight excluding hydrogens is 390 g/mol. The van der Waals surface area contributed by atoms with Crippen LogP contribution in [0.2, 0.25) is 0 Å². The average Bonchev–Trinajstić information content (AvgIpc) is 3.29. The van der Waals surface area contributed by atoms with E-state index in [9.17, 15) is 9.59 Å². The Morgan fingerprint density at radius 3 is 2.65 bits per heavy atom. The van der Waals surface area contributed by atoms with Gasteiger partial charge in [0.1, 0.15) is 0 Å². The van der Waals surface area contributed by atoms with Crippen LogP contribution in [0.25, 0.3) is 5.65 Å². The summed E-state index contributed by atoms with van der Waals surface area (Å²) in [6.45, 7) is 11.0. The summed E-state index contributed by atoms with van der Waals surface area (Å²) in [5, 5.41) is 7.97. The van der Waals surface area contributed by atoms with E-state index in [1.807, 2.05) is 43.2 Å². The number of aryl methyl sites for hydroxylation is 2. The third-order valence-electron chi connectivity index (χ3n) is 6.95.